The molecule has 3 unspecified atom stereocenters. The van der Waals surface area contributed by atoms with E-state index in [0.717, 1.165) is 25.0 Å². The van der Waals surface area contributed by atoms with Gasteiger partial charge in [-0.3, -0.25) is 0 Å². The number of hydrogen-bond donors (Lipinski definition) is 1. The monoisotopic (exact) mass is 141 g/mol. The van der Waals surface area contributed by atoms with E-state index in [1.807, 2.05) is 0 Å². The summed E-state index contributed by atoms with van der Waals surface area (Å²) in [6.07, 6.45) is 1.36. The molecule has 0 saturated carbocycles. The molecule has 2 aliphatic heterocycles. The molecule has 0 radical (unpaired) electrons. The first kappa shape index (κ1) is 6.62. The van der Waals surface area contributed by atoms with Gasteiger partial charge in [-0.2, -0.15) is 0 Å². The molecule has 0 amide bonds. The van der Waals surface area contributed by atoms with Gasteiger partial charge in [-0.15, -0.1) is 0 Å². The van der Waals surface area contributed by atoms with E-state index in [1.54, 1.807) is 0 Å². The maximum Gasteiger partial charge on any atom is 0.0623 e. The number of ether oxygens (including phenoxy) is 1. The third-order valence-corrected chi connectivity index (χ3v) is 2.63. The van der Waals surface area contributed by atoms with E-state index < -0.39 is 0 Å². The lowest BCUT2D eigenvalue weighted by molar-refractivity contribution is 0.182. The van der Waals surface area contributed by atoms with Gasteiger partial charge >= 0.3 is 0 Å². The van der Waals surface area contributed by atoms with E-state index in [9.17, 15) is 0 Å². The Morgan fingerprint density at radius 2 is 2.30 bits per heavy atom. The summed E-state index contributed by atoms with van der Waals surface area (Å²) in [6.45, 7) is 5.42. The van der Waals surface area contributed by atoms with Crippen LogP contribution in [-0.2, 0) is 4.74 Å². The minimum Gasteiger partial charge on any atom is -0.379 e. The van der Waals surface area contributed by atoms with Crippen molar-refractivity contribution in [1.82, 2.24) is 5.32 Å². The summed E-state index contributed by atoms with van der Waals surface area (Å²) >= 11 is 0. The lowest BCUT2D eigenvalue weighted by Gasteiger charge is -2.29. The van der Waals surface area contributed by atoms with E-state index in [4.69, 9.17) is 4.74 Å². The Morgan fingerprint density at radius 1 is 1.40 bits per heavy atom. The predicted octanol–water partition coefficient (Wildman–Crippen LogP) is 0.631. The number of hydrogen-bond acceptors (Lipinski definition) is 2. The van der Waals surface area contributed by atoms with E-state index >= 15 is 0 Å². The van der Waals surface area contributed by atoms with Crippen LogP contribution in [-0.4, -0.2) is 25.8 Å². The molecule has 58 valence electrons. The normalized spacial score (nSPS) is 47.1. The molecule has 2 aliphatic rings. The van der Waals surface area contributed by atoms with E-state index in [1.165, 1.54) is 13.0 Å². The molecule has 0 aliphatic carbocycles. The highest BCUT2D eigenvalue weighted by atomic mass is 16.5. The van der Waals surface area contributed by atoms with Crippen LogP contribution < -0.4 is 5.32 Å². The summed E-state index contributed by atoms with van der Waals surface area (Å²) in [6, 6.07) is 0.677. The van der Waals surface area contributed by atoms with Crippen molar-refractivity contribution in [2.45, 2.75) is 19.4 Å². The maximum atomic E-state index is 5.38. The molecule has 2 heteroatoms. The van der Waals surface area contributed by atoms with Crippen LogP contribution in [0.5, 0.6) is 0 Å². The molecule has 0 aromatic rings. The topological polar surface area (TPSA) is 21.3 Å². The molecule has 2 heterocycles. The highest BCUT2D eigenvalue weighted by molar-refractivity contribution is 4.87. The number of piperidine rings is 1. The molecule has 0 spiro atoms. The van der Waals surface area contributed by atoms with Crippen LogP contribution in [0.1, 0.15) is 13.3 Å². The average Bonchev–Trinajstić information content (AvgIpc) is 2.33. The molecule has 2 fully saturated rings. The molecule has 10 heavy (non-hydrogen) atoms. The van der Waals surface area contributed by atoms with Gasteiger partial charge in [0.05, 0.1) is 13.2 Å². The minimum atomic E-state index is 0.677. The van der Waals surface area contributed by atoms with Crippen molar-refractivity contribution in [2.75, 3.05) is 19.8 Å². The second-order valence-corrected chi connectivity index (χ2v) is 3.65. The minimum absolute atomic E-state index is 0.677. The molecule has 0 aromatic carbocycles. The first-order chi connectivity index (χ1) is 4.86. The standard InChI is InChI=1S/C8H15NO/c1-6-2-7-4-10-5-8(7)9-3-6/h6-9H,2-5H2,1H3. The van der Waals surface area contributed by atoms with Gasteiger partial charge in [-0.25, -0.2) is 0 Å². The molecule has 3 atom stereocenters. The summed E-state index contributed by atoms with van der Waals surface area (Å²) < 4.78 is 5.38. The number of nitrogens with one attached hydrogen (secondary N) is 1. The fraction of sp³-hybridized carbons (Fsp3) is 1.00. The summed E-state index contributed by atoms with van der Waals surface area (Å²) in [4.78, 5) is 0. The smallest absolute Gasteiger partial charge is 0.0623 e. The van der Waals surface area contributed by atoms with Crippen molar-refractivity contribution in [1.29, 1.82) is 0 Å². The Bertz CT molecular complexity index is 126. The molecule has 2 rings (SSSR count). The fourth-order valence-electron chi connectivity index (χ4n) is 2.01. The van der Waals surface area contributed by atoms with Gasteiger partial charge in [-0.05, 0) is 18.9 Å². The number of rotatable bonds is 0. The van der Waals surface area contributed by atoms with Crippen molar-refractivity contribution < 1.29 is 4.74 Å². The maximum absolute atomic E-state index is 5.38. The van der Waals surface area contributed by atoms with Crippen LogP contribution in [0.3, 0.4) is 0 Å². The Hall–Kier alpha value is -0.0800. The van der Waals surface area contributed by atoms with Crippen molar-refractivity contribution in [2.24, 2.45) is 11.8 Å². The van der Waals surface area contributed by atoms with Crippen LogP contribution in [0.25, 0.3) is 0 Å². The Kier molecular flexibility index (Phi) is 1.66. The summed E-state index contributed by atoms with van der Waals surface area (Å²) in [7, 11) is 0. The van der Waals surface area contributed by atoms with Crippen molar-refractivity contribution >= 4 is 0 Å². The van der Waals surface area contributed by atoms with Gasteiger partial charge in [0.1, 0.15) is 0 Å². The molecular weight excluding hydrogens is 126 g/mol. The SMILES string of the molecule is CC1CNC2COCC2C1. The molecule has 2 saturated heterocycles. The Balaban J connectivity index is 1.96. The van der Waals surface area contributed by atoms with E-state index in [0.29, 0.717) is 6.04 Å². The van der Waals surface area contributed by atoms with E-state index in [-0.39, 0.29) is 0 Å². The van der Waals surface area contributed by atoms with Gasteiger partial charge in [0.15, 0.2) is 0 Å². The second-order valence-electron chi connectivity index (χ2n) is 3.65. The number of fused-ring (bicyclic) bond motifs is 1. The second kappa shape index (κ2) is 2.51. The first-order valence-corrected chi connectivity index (χ1v) is 4.17. The molecular formula is C8H15NO. The quantitative estimate of drug-likeness (QED) is 0.534. The largest absolute Gasteiger partial charge is 0.379 e. The lowest BCUT2D eigenvalue weighted by atomic mass is 9.88. The van der Waals surface area contributed by atoms with Crippen LogP contribution >= 0.6 is 0 Å². The van der Waals surface area contributed by atoms with Gasteiger partial charge in [0.25, 0.3) is 0 Å². The summed E-state index contributed by atoms with van der Waals surface area (Å²) in [5.41, 5.74) is 0. The molecule has 0 bridgehead atoms. The zero-order valence-electron chi connectivity index (χ0n) is 6.47. The third-order valence-electron chi connectivity index (χ3n) is 2.63. The van der Waals surface area contributed by atoms with Crippen LogP contribution in [0.2, 0.25) is 0 Å². The van der Waals surface area contributed by atoms with Crippen LogP contribution in [0.4, 0.5) is 0 Å². The van der Waals surface area contributed by atoms with Crippen LogP contribution in [0, 0.1) is 11.8 Å². The molecule has 1 N–H and O–H groups in total. The summed E-state index contributed by atoms with van der Waals surface area (Å²) in [5.74, 6) is 1.66. The summed E-state index contributed by atoms with van der Waals surface area (Å²) in [5, 5.41) is 3.51. The van der Waals surface area contributed by atoms with Gasteiger partial charge in [-0.1, -0.05) is 6.92 Å². The van der Waals surface area contributed by atoms with Gasteiger partial charge < -0.3 is 10.1 Å². The zero-order chi connectivity index (χ0) is 6.97. The lowest BCUT2D eigenvalue weighted by Crippen LogP contribution is -2.43. The fourth-order valence-corrected chi connectivity index (χ4v) is 2.01. The van der Waals surface area contributed by atoms with Crippen LogP contribution in [0.15, 0.2) is 0 Å². The predicted molar refractivity (Wildman–Crippen MR) is 39.9 cm³/mol. The Morgan fingerprint density at radius 3 is 3.20 bits per heavy atom. The zero-order valence-corrected chi connectivity index (χ0v) is 6.47. The van der Waals surface area contributed by atoms with Crippen molar-refractivity contribution in [3.05, 3.63) is 0 Å². The Labute approximate surface area is 61.9 Å². The van der Waals surface area contributed by atoms with Gasteiger partial charge in [0.2, 0.25) is 0 Å². The highest BCUT2D eigenvalue weighted by Gasteiger charge is 2.32. The first-order valence-electron chi connectivity index (χ1n) is 4.17. The van der Waals surface area contributed by atoms with E-state index in [2.05, 4.69) is 12.2 Å². The highest BCUT2D eigenvalue weighted by Crippen LogP contribution is 2.25. The van der Waals surface area contributed by atoms with Gasteiger partial charge in [0, 0.05) is 12.0 Å². The molecule has 2 nitrogen and oxygen atoms in total. The third kappa shape index (κ3) is 1.06. The van der Waals surface area contributed by atoms with Crippen molar-refractivity contribution in [3.63, 3.8) is 0 Å². The van der Waals surface area contributed by atoms with Crippen molar-refractivity contribution in [3.8, 4) is 0 Å². The average molecular weight is 141 g/mol. The molecule has 0 aromatic heterocycles.